The van der Waals surface area contributed by atoms with E-state index < -0.39 is 11.6 Å². The van der Waals surface area contributed by atoms with Crippen molar-refractivity contribution in [2.75, 3.05) is 0 Å². The first-order valence-electron chi connectivity index (χ1n) is 5.49. The second-order valence-electron chi connectivity index (χ2n) is 4.87. The van der Waals surface area contributed by atoms with E-state index in [1.54, 1.807) is 0 Å². The molecule has 5 heteroatoms. The smallest absolute Gasteiger partial charge is 0.361 e. The second-order valence-corrected chi connectivity index (χ2v) is 4.87. The molecule has 1 N–H and O–H groups in total. The number of aromatic nitrogens is 3. The predicted molar refractivity (Wildman–Crippen MR) is 60.3 cm³/mol. The van der Waals surface area contributed by atoms with Gasteiger partial charge in [0.2, 0.25) is 0 Å². The number of nitrogens with zero attached hydrogens (tertiary/aromatic N) is 2. The molecule has 1 rings (SSSR count). The van der Waals surface area contributed by atoms with E-state index in [0.717, 1.165) is 6.42 Å². The lowest BCUT2D eigenvalue weighted by Crippen LogP contribution is -2.25. The molecule has 0 bridgehead atoms. The highest BCUT2D eigenvalue weighted by Gasteiger charge is 2.25. The number of esters is 1. The minimum absolute atomic E-state index is 0.196. The van der Waals surface area contributed by atoms with Crippen LogP contribution in [0.2, 0.25) is 0 Å². The summed E-state index contributed by atoms with van der Waals surface area (Å²) in [5.74, 6) is -0.224. The summed E-state index contributed by atoms with van der Waals surface area (Å²) in [5.41, 5.74) is 0.462. The van der Waals surface area contributed by atoms with Gasteiger partial charge in [-0.2, -0.15) is 10.3 Å². The van der Waals surface area contributed by atoms with Gasteiger partial charge in [0, 0.05) is 5.92 Å². The van der Waals surface area contributed by atoms with Gasteiger partial charge in [0.25, 0.3) is 0 Å². The van der Waals surface area contributed by atoms with Gasteiger partial charge in [-0.3, -0.25) is 0 Å². The second kappa shape index (κ2) is 4.63. The predicted octanol–water partition coefficient (Wildman–Crippen LogP) is 2.27. The molecule has 1 aromatic heterocycles. The molecule has 0 spiro atoms. The molecule has 1 unspecified atom stereocenters. The SMILES string of the molecule is CCC(C)c1n[nH]nc1C(=O)OC(C)(C)C. The van der Waals surface area contributed by atoms with Crippen molar-refractivity contribution in [3.63, 3.8) is 0 Å². The molecule has 5 nitrogen and oxygen atoms in total. The standard InChI is InChI=1S/C11H19N3O2/c1-6-7(2)8-9(13-14-12-8)10(15)16-11(3,4)5/h7H,6H2,1-5H3,(H,12,13,14). The summed E-state index contributed by atoms with van der Waals surface area (Å²) in [4.78, 5) is 11.8. The highest BCUT2D eigenvalue weighted by atomic mass is 16.6. The van der Waals surface area contributed by atoms with Crippen LogP contribution in [0, 0.1) is 0 Å². The molecule has 16 heavy (non-hydrogen) atoms. The lowest BCUT2D eigenvalue weighted by molar-refractivity contribution is 0.00610. The molecule has 1 heterocycles. The van der Waals surface area contributed by atoms with Crippen LogP contribution in [-0.2, 0) is 4.74 Å². The molecule has 0 aliphatic rings. The molecule has 0 saturated carbocycles. The summed E-state index contributed by atoms with van der Waals surface area (Å²) < 4.78 is 5.26. The van der Waals surface area contributed by atoms with Crippen molar-refractivity contribution in [2.24, 2.45) is 0 Å². The van der Waals surface area contributed by atoms with Gasteiger partial charge >= 0.3 is 5.97 Å². The Bertz CT molecular complexity index is 366. The molecule has 1 aromatic rings. The number of carbonyl (C=O) groups is 1. The number of aromatic amines is 1. The molecule has 0 radical (unpaired) electrons. The van der Waals surface area contributed by atoms with Crippen LogP contribution in [0.5, 0.6) is 0 Å². The number of hydrogen-bond donors (Lipinski definition) is 1. The Morgan fingerprint density at radius 1 is 1.44 bits per heavy atom. The molecule has 0 aliphatic carbocycles. The van der Waals surface area contributed by atoms with Gasteiger partial charge in [0.15, 0.2) is 5.69 Å². The van der Waals surface area contributed by atoms with Gasteiger partial charge in [-0.25, -0.2) is 4.79 Å². The fourth-order valence-corrected chi connectivity index (χ4v) is 1.25. The normalized spacial score (nSPS) is 13.6. The van der Waals surface area contributed by atoms with E-state index in [0.29, 0.717) is 11.4 Å². The van der Waals surface area contributed by atoms with Crippen LogP contribution in [0.1, 0.15) is 63.1 Å². The molecule has 90 valence electrons. The van der Waals surface area contributed by atoms with Gasteiger partial charge in [-0.1, -0.05) is 13.8 Å². The van der Waals surface area contributed by atoms with Gasteiger partial charge in [0.05, 0.1) is 0 Å². The van der Waals surface area contributed by atoms with E-state index in [1.807, 2.05) is 34.6 Å². The van der Waals surface area contributed by atoms with Crippen LogP contribution in [0.3, 0.4) is 0 Å². The Labute approximate surface area is 95.6 Å². The van der Waals surface area contributed by atoms with Gasteiger partial charge in [-0.15, -0.1) is 5.10 Å². The summed E-state index contributed by atoms with van der Waals surface area (Å²) in [7, 11) is 0. The average Bonchev–Trinajstić information content (AvgIpc) is 2.62. The Morgan fingerprint density at radius 3 is 2.56 bits per heavy atom. The fourth-order valence-electron chi connectivity index (χ4n) is 1.25. The van der Waals surface area contributed by atoms with Crippen molar-refractivity contribution in [1.82, 2.24) is 15.4 Å². The van der Waals surface area contributed by atoms with Crippen LogP contribution >= 0.6 is 0 Å². The Hall–Kier alpha value is -1.39. The Morgan fingerprint density at radius 2 is 2.06 bits per heavy atom. The average molecular weight is 225 g/mol. The largest absolute Gasteiger partial charge is 0.455 e. The third kappa shape index (κ3) is 3.05. The topological polar surface area (TPSA) is 67.9 Å². The first kappa shape index (κ1) is 12.7. The van der Waals surface area contributed by atoms with Crippen molar-refractivity contribution >= 4 is 5.97 Å². The summed E-state index contributed by atoms with van der Waals surface area (Å²) in [6, 6.07) is 0. The van der Waals surface area contributed by atoms with Gasteiger partial charge in [0.1, 0.15) is 11.3 Å². The van der Waals surface area contributed by atoms with Crippen molar-refractivity contribution in [1.29, 1.82) is 0 Å². The number of carbonyl (C=O) groups excluding carboxylic acids is 1. The Kier molecular flexibility index (Phi) is 3.67. The van der Waals surface area contributed by atoms with Crippen LogP contribution in [0.15, 0.2) is 0 Å². The van der Waals surface area contributed by atoms with E-state index in [-0.39, 0.29) is 5.92 Å². The fraction of sp³-hybridized carbons (Fsp3) is 0.727. The first-order valence-corrected chi connectivity index (χ1v) is 5.49. The zero-order valence-electron chi connectivity index (χ0n) is 10.5. The van der Waals surface area contributed by atoms with Crippen molar-refractivity contribution < 1.29 is 9.53 Å². The molecule has 0 fully saturated rings. The minimum Gasteiger partial charge on any atom is -0.455 e. The van der Waals surface area contributed by atoms with E-state index in [1.165, 1.54) is 0 Å². The summed E-state index contributed by atoms with van der Waals surface area (Å²) in [5, 5.41) is 10.3. The number of hydrogen-bond acceptors (Lipinski definition) is 4. The molecule has 1 atom stereocenters. The maximum absolute atomic E-state index is 11.8. The highest BCUT2D eigenvalue weighted by Crippen LogP contribution is 2.20. The molecular formula is C11H19N3O2. The lowest BCUT2D eigenvalue weighted by atomic mass is 10.0. The summed E-state index contributed by atoms with van der Waals surface area (Å²) in [6.45, 7) is 9.53. The van der Waals surface area contributed by atoms with Crippen molar-refractivity contribution in [2.45, 2.75) is 52.6 Å². The molecule has 0 amide bonds. The van der Waals surface area contributed by atoms with E-state index >= 15 is 0 Å². The zero-order valence-corrected chi connectivity index (χ0v) is 10.5. The van der Waals surface area contributed by atoms with Crippen LogP contribution < -0.4 is 0 Å². The van der Waals surface area contributed by atoms with Crippen LogP contribution in [0.4, 0.5) is 0 Å². The van der Waals surface area contributed by atoms with Crippen LogP contribution in [-0.4, -0.2) is 27.0 Å². The quantitative estimate of drug-likeness (QED) is 0.801. The van der Waals surface area contributed by atoms with Crippen LogP contribution in [0.25, 0.3) is 0 Å². The summed E-state index contributed by atoms with van der Waals surface area (Å²) >= 11 is 0. The molecular weight excluding hydrogens is 206 g/mol. The number of ether oxygens (including phenoxy) is 1. The molecule has 0 saturated heterocycles. The highest BCUT2D eigenvalue weighted by molar-refractivity contribution is 5.88. The number of nitrogens with one attached hydrogen (secondary N) is 1. The maximum atomic E-state index is 11.8. The minimum atomic E-state index is -0.511. The van der Waals surface area contributed by atoms with E-state index in [2.05, 4.69) is 15.4 Å². The van der Waals surface area contributed by atoms with E-state index in [4.69, 9.17) is 4.74 Å². The monoisotopic (exact) mass is 225 g/mol. The third-order valence-corrected chi connectivity index (χ3v) is 2.25. The third-order valence-electron chi connectivity index (χ3n) is 2.25. The number of H-pyrrole nitrogens is 1. The summed E-state index contributed by atoms with van der Waals surface area (Å²) in [6.07, 6.45) is 0.905. The van der Waals surface area contributed by atoms with Gasteiger partial charge < -0.3 is 4.74 Å². The van der Waals surface area contributed by atoms with Crippen molar-refractivity contribution in [3.05, 3.63) is 11.4 Å². The Balaban J connectivity index is 2.88. The lowest BCUT2D eigenvalue weighted by Gasteiger charge is -2.19. The van der Waals surface area contributed by atoms with E-state index in [9.17, 15) is 4.79 Å². The maximum Gasteiger partial charge on any atom is 0.361 e. The zero-order chi connectivity index (χ0) is 12.3. The molecule has 0 aliphatic heterocycles. The molecule has 0 aromatic carbocycles. The van der Waals surface area contributed by atoms with Crippen molar-refractivity contribution in [3.8, 4) is 0 Å². The number of rotatable bonds is 3. The van der Waals surface area contributed by atoms with Gasteiger partial charge in [-0.05, 0) is 27.2 Å². The first-order chi connectivity index (χ1) is 7.35.